The Kier molecular flexibility index (Phi) is 12.5. The number of aryl methyl sites for hydroxylation is 1. The third-order valence-corrected chi connectivity index (χ3v) is 4.36. The largest absolute Gasteiger partial charge is 0.493 e. The van der Waals surface area contributed by atoms with Gasteiger partial charge in [-0.05, 0) is 25.5 Å². The van der Waals surface area contributed by atoms with Crippen LogP contribution in [0.5, 0.6) is 5.75 Å². The highest BCUT2D eigenvalue weighted by atomic mass is 127. The number of nitro groups is 1. The van der Waals surface area contributed by atoms with Gasteiger partial charge < -0.3 is 20.1 Å². The molecule has 8 nitrogen and oxygen atoms in total. The number of methoxy groups -OCH3 is 1. The molecule has 0 aliphatic carbocycles. The monoisotopic (exact) mass is 542 g/mol. The molecule has 2 rings (SSSR count). The predicted octanol–water partition coefficient (Wildman–Crippen LogP) is 4.19. The summed E-state index contributed by atoms with van der Waals surface area (Å²) in [6.07, 6.45) is 0.813. The number of rotatable bonds is 11. The molecule has 0 saturated carbocycles. The SMILES string of the molecule is CCNC(=NCc1ccc(C)cc1OCCCOC)NCc1ccccc1[N+](=O)[O-].I. The highest BCUT2D eigenvalue weighted by molar-refractivity contribution is 14.0. The van der Waals surface area contributed by atoms with Crippen molar-refractivity contribution in [1.82, 2.24) is 10.6 Å². The maximum Gasteiger partial charge on any atom is 0.274 e. The van der Waals surface area contributed by atoms with Crippen molar-refractivity contribution in [3.8, 4) is 5.75 Å². The second-order valence-corrected chi connectivity index (χ2v) is 6.74. The summed E-state index contributed by atoms with van der Waals surface area (Å²) < 4.78 is 11.0. The van der Waals surface area contributed by atoms with Crippen molar-refractivity contribution in [3.05, 3.63) is 69.3 Å². The molecule has 2 aromatic rings. The fraction of sp³-hybridized carbons (Fsp3) is 0.409. The van der Waals surface area contributed by atoms with Gasteiger partial charge in [0.15, 0.2) is 5.96 Å². The van der Waals surface area contributed by atoms with E-state index < -0.39 is 0 Å². The zero-order valence-electron chi connectivity index (χ0n) is 18.2. The number of hydrogen-bond acceptors (Lipinski definition) is 5. The fourth-order valence-electron chi connectivity index (χ4n) is 2.84. The second-order valence-electron chi connectivity index (χ2n) is 6.74. The van der Waals surface area contributed by atoms with Crippen molar-refractivity contribution in [2.24, 2.45) is 4.99 Å². The quantitative estimate of drug-likeness (QED) is 0.110. The number of benzene rings is 2. The van der Waals surface area contributed by atoms with Crippen LogP contribution in [-0.4, -0.2) is 37.8 Å². The number of nitro benzene ring substituents is 1. The molecule has 0 aliphatic rings. The minimum atomic E-state index is -0.374. The van der Waals surface area contributed by atoms with Gasteiger partial charge in [-0.15, -0.1) is 24.0 Å². The summed E-state index contributed by atoms with van der Waals surface area (Å²) >= 11 is 0. The smallest absolute Gasteiger partial charge is 0.274 e. The summed E-state index contributed by atoms with van der Waals surface area (Å²) in [6.45, 7) is 6.62. The van der Waals surface area contributed by atoms with Gasteiger partial charge in [-0.2, -0.15) is 0 Å². The van der Waals surface area contributed by atoms with Gasteiger partial charge in [0.05, 0.1) is 18.1 Å². The van der Waals surface area contributed by atoms with E-state index in [1.54, 1.807) is 25.3 Å². The summed E-state index contributed by atoms with van der Waals surface area (Å²) in [5.41, 5.74) is 2.78. The molecule has 0 atom stereocenters. The summed E-state index contributed by atoms with van der Waals surface area (Å²) in [6, 6.07) is 12.7. The molecule has 0 aromatic heterocycles. The van der Waals surface area contributed by atoms with Crippen molar-refractivity contribution >= 4 is 35.6 Å². The Labute approximate surface area is 200 Å². The van der Waals surface area contributed by atoms with Crippen LogP contribution in [0.3, 0.4) is 0 Å². The molecule has 0 saturated heterocycles. The lowest BCUT2D eigenvalue weighted by Gasteiger charge is -2.14. The number of para-hydroxylation sites is 1. The van der Waals surface area contributed by atoms with Gasteiger partial charge in [-0.25, -0.2) is 4.99 Å². The summed E-state index contributed by atoms with van der Waals surface area (Å²) in [4.78, 5) is 15.5. The van der Waals surface area contributed by atoms with Crippen LogP contribution in [-0.2, 0) is 17.8 Å². The molecule has 0 bridgehead atoms. The lowest BCUT2D eigenvalue weighted by atomic mass is 10.1. The Hall–Kier alpha value is -2.40. The van der Waals surface area contributed by atoms with E-state index in [9.17, 15) is 10.1 Å². The first-order valence-electron chi connectivity index (χ1n) is 10.0. The van der Waals surface area contributed by atoms with Gasteiger partial charge in [0.2, 0.25) is 0 Å². The molecule has 0 heterocycles. The topological polar surface area (TPSA) is 98.0 Å². The van der Waals surface area contributed by atoms with Crippen LogP contribution >= 0.6 is 24.0 Å². The Morgan fingerprint density at radius 3 is 2.61 bits per heavy atom. The van der Waals surface area contributed by atoms with Gasteiger partial charge in [-0.1, -0.05) is 30.3 Å². The first kappa shape index (κ1) is 26.6. The van der Waals surface area contributed by atoms with Gasteiger partial charge in [0.1, 0.15) is 5.75 Å². The van der Waals surface area contributed by atoms with Gasteiger partial charge in [0, 0.05) is 50.4 Å². The van der Waals surface area contributed by atoms with E-state index in [-0.39, 0.29) is 34.6 Å². The third-order valence-electron chi connectivity index (χ3n) is 4.36. The van der Waals surface area contributed by atoms with Crippen molar-refractivity contribution in [2.75, 3.05) is 26.9 Å². The van der Waals surface area contributed by atoms with E-state index in [0.29, 0.717) is 44.4 Å². The minimum Gasteiger partial charge on any atom is -0.493 e. The Balaban J connectivity index is 0.00000480. The molecule has 9 heteroatoms. The average molecular weight is 542 g/mol. The van der Waals surface area contributed by atoms with Crippen LogP contribution in [0.15, 0.2) is 47.5 Å². The molecule has 0 unspecified atom stereocenters. The molecule has 2 N–H and O–H groups in total. The molecule has 0 amide bonds. The maximum atomic E-state index is 11.2. The standard InChI is InChI=1S/C22H30N4O4.HI/c1-4-23-22(24-15-18-8-5-6-9-20(18)26(27)28)25-16-19-11-10-17(2)14-21(19)30-13-7-12-29-3;/h5-6,8-11,14H,4,7,12-13,15-16H2,1-3H3,(H2,23,24,25);1H. The van der Waals surface area contributed by atoms with Crippen molar-refractivity contribution in [2.45, 2.75) is 33.4 Å². The minimum absolute atomic E-state index is 0. The first-order chi connectivity index (χ1) is 14.5. The molecule has 2 aromatic carbocycles. The maximum absolute atomic E-state index is 11.2. The molecule has 31 heavy (non-hydrogen) atoms. The van der Waals surface area contributed by atoms with E-state index in [2.05, 4.69) is 15.6 Å². The number of halogens is 1. The highest BCUT2D eigenvalue weighted by Gasteiger charge is 2.12. The summed E-state index contributed by atoms with van der Waals surface area (Å²) in [5.74, 6) is 1.39. The van der Waals surface area contributed by atoms with Gasteiger partial charge >= 0.3 is 0 Å². The normalized spacial score (nSPS) is 10.9. The number of nitrogens with one attached hydrogen (secondary N) is 2. The van der Waals surface area contributed by atoms with E-state index in [4.69, 9.17) is 9.47 Å². The lowest BCUT2D eigenvalue weighted by molar-refractivity contribution is -0.385. The third kappa shape index (κ3) is 9.09. The van der Waals surface area contributed by atoms with Crippen LogP contribution in [0.2, 0.25) is 0 Å². The Morgan fingerprint density at radius 1 is 1.13 bits per heavy atom. The second kappa shape index (κ2) is 14.6. The Bertz CT molecular complexity index is 861. The fourth-order valence-corrected chi connectivity index (χ4v) is 2.84. The number of guanidine groups is 1. The number of aliphatic imine (C=N–C) groups is 1. The van der Waals surface area contributed by atoms with E-state index >= 15 is 0 Å². The zero-order valence-corrected chi connectivity index (χ0v) is 20.6. The molecule has 0 fully saturated rings. The molecule has 170 valence electrons. The molecular formula is C22H31IN4O4. The van der Waals surface area contributed by atoms with Crippen molar-refractivity contribution in [3.63, 3.8) is 0 Å². The van der Waals surface area contributed by atoms with Crippen LogP contribution in [0.4, 0.5) is 5.69 Å². The van der Waals surface area contributed by atoms with Crippen LogP contribution in [0.25, 0.3) is 0 Å². The first-order valence-corrected chi connectivity index (χ1v) is 10.0. The Morgan fingerprint density at radius 2 is 1.90 bits per heavy atom. The van der Waals surface area contributed by atoms with Gasteiger partial charge in [-0.3, -0.25) is 10.1 Å². The van der Waals surface area contributed by atoms with Gasteiger partial charge in [0.25, 0.3) is 5.69 Å². The van der Waals surface area contributed by atoms with E-state index in [1.165, 1.54) is 6.07 Å². The number of ether oxygens (including phenoxy) is 2. The lowest BCUT2D eigenvalue weighted by Crippen LogP contribution is -2.36. The molecule has 0 radical (unpaired) electrons. The van der Waals surface area contributed by atoms with Crippen LogP contribution in [0.1, 0.15) is 30.0 Å². The van der Waals surface area contributed by atoms with E-state index in [0.717, 1.165) is 23.3 Å². The zero-order chi connectivity index (χ0) is 21.8. The van der Waals surface area contributed by atoms with Crippen molar-refractivity contribution < 1.29 is 14.4 Å². The summed E-state index contributed by atoms with van der Waals surface area (Å²) in [5, 5.41) is 17.5. The number of nitrogens with zero attached hydrogens (tertiary/aromatic N) is 2. The average Bonchev–Trinajstić information content (AvgIpc) is 2.74. The van der Waals surface area contributed by atoms with Crippen LogP contribution < -0.4 is 15.4 Å². The highest BCUT2D eigenvalue weighted by Crippen LogP contribution is 2.22. The van der Waals surface area contributed by atoms with E-state index in [1.807, 2.05) is 32.0 Å². The summed E-state index contributed by atoms with van der Waals surface area (Å²) in [7, 11) is 1.67. The molecule has 0 aliphatic heterocycles. The van der Waals surface area contributed by atoms with Crippen molar-refractivity contribution in [1.29, 1.82) is 0 Å². The van der Waals surface area contributed by atoms with Crippen LogP contribution in [0, 0.1) is 17.0 Å². The molecule has 0 spiro atoms. The predicted molar refractivity (Wildman–Crippen MR) is 133 cm³/mol. The number of hydrogen-bond donors (Lipinski definition) is 2. The molecular weight excluding hydrogens is 511 g/mol.